The molecule has 0 unspecified atom stereocenters. The average molecular weight is 271 g/mol. The lowest BCUT2D eigenvalue weighted by Crippen LogP contribution is -2.17. The molecular weight excluding hydrogens is 262 g/mol. The van der Waals surface area contributed by atoms with Crippen LogP contribution >= 0.6 is 24.0 Å². The van der Waals surface area contributed by atoms with Gasteiger partial charge in [0.05, 0.1) is 4.91 Å². The molecule has 0 aromatic carbocycles. The van der Waals surface area contributed by atoms with Gasteiger partial charge in [-0.25, -0.2) is 0 Å². The van der Waals surface area contributed by atoms with Crippen molar-refractivity contribution in [3.63, 3.8) is 0 Å². The molecule has 4 heteroatoms. The Balaban J connectivity index is 2.05. The molecule has 3 rings (SSSR count). The largest absolute Gasteiger partial charge is 0.307 e. The molecule has 18 heavy (non-hydrogen) atoms. The standard InChI is InChI=1S/C14H9NOS2/c16-13-12(18-14(17)15-13)8-10-7-6-9-4-2-1-3-5-11(9)10/h1-8H,(H,15,16,17). The summed E-state index contributed by atoms with van der Waals surface area (Å²) < 4.78 is 0.521. The molecule has 0 saturated carbocycles. The van der Waals surface area contributed by atoms with Crippen molar-refractivity contribution in [3.8, 4) is 11.1 Å². The molecule has 0 bridgehead atoms. The van der Waals surface area contributed by atoms with Crippen LogP contribution in [0.1, 0.15) is 5.56 Å². The summed E-state index contributed by atoms with van der Waals surface area (Å²) in [4.78, 5) is 12.3. The monoisotopic (exact) mass is 271 g/mol. The van der Waals surface area contributed by atoms with Crippen molar-refractivity contribution in [2.75, 3.05) is 0 Å². The number of carbonyl (C=O) groups excluding carboxylic acids is 1. The van der Waals surface area contributed by atoms with Gasteiger partial charge in [-0.15, -0.1) is 0 Å². The van der Waals surface area contributed by atoms with E-state index in [1.54, 1.807) is 0 Å². The average Bonchev–Trinajstić information content (AvgIpc) is 2.75. The number of hydrogen-bond donors (Lipinski definition) is 1. The molecule has 1 fully saturated rings. The summed E-state index contributed by atoms with van der Waals surface area (Å²) >= 11 is 6.28. The van der Waals surface area contributed by atoms with Crippen molar-refractivity contribution in [1.82, 2.24) is 5.32 Å². The fraction of sp³-hybridized carbons (Fsp3) is 0. The van der Waals surface area contributed by atoms with Gasteiger partial charge >= 0.3 is 0 Å². The Hall–Kier alpha value is -1.65. The molecule has 1 N–H and O–H groups in total. The molecule has 2 aliphatic carbocycles. The van der Waals surface area contributed by atoms with Crippen LogP contribution in [0.25, 0.3) is 17.2 Å². The van der Waals surface area contributed by atoms with E-state index in [9.17, 15) is 4.79 Å². The molecule has 0 aromatic rings. The maximum absolute atomic E-state index is 11.6. The van der Waals surface area contributed by atoms with Crippen LogP contribution in [-0.2, 0) is 4.79 Å². The van der Waals surface area contributed by atoms with Gasteiger partial charge < -0.3 is 5.32 Å². The third kappa shape index (κ3) is 2.05. The van der Waals surface area contributed by atoms with E-state index < -0.39 is 0 Å². The predicted molar refractivity (Wildman–Crippen MR) is 79.4 cm³/mol. The van der Waals surface area contributed by atoms with Gasteiger partial charge in [-0.1, -0.05) is 66.4 Å². The topological polar surface area (TPSA) is 29.1 Å². The van der Waals surface area contributed by atoms with Crippen molar-refractivity contribution < 1.29 is 4.79 Å². The van der Waals surface area contributed by atoms with Gasteiger partial charge in [0.25, 0.3) is 5.91 Å². The summed E-state index contributed by atoms with van der Waals surface area (Å²) in [6.45, 7) is 0. The highest BCUT2D eigenvalue weighted by molar-refractivity contribution is 8.26. The molecule has 88 valence electrons. The quantitative estimate of drug-likeness (QED) is 0.637. The van der Waals surface area contributed by atoms with E-state index in [2.05, 4.69) is 23.5 Å². The summed E-state index contributed by atoms with van der Waals surface area (Å²) in [5, 5.41) is 2.62. The second-order valence-electron chi connectivity index (χ2n) is 3.92. The highest BCUT2D eigenvalue weighted by atomic mass is 32.2. The maximum Gasteiger partial charge on any atom is 0.263 e. The Morgan fingerprint density at radius 1 is 1.11 bits per heavy atom. The Kier molecular flexibility index (Phi) is 2.89. The zero-order valence-electron chi connectivity index (χ0n) is 9.34. The zero-order valence-corrected chi connectivity index (χ0v) is 11.0. The first-order valence-electron chi connectivity index (χ1n) is 5.47. The summed E-state index contributed by atoms with van der Waals surface area (Å²) in [7, 11) is 0. The molecule has 1 heterocycles. The molecule has 0 radical (unpaired) electrons. The molecular formula is C14H9NOS2. The summed E-state index contributed by atoms with van der Waals surface area (Å²) in [6, 6.07) is 14.2. The van der Waals surface area contributed by atoms with Crippen molar-refractivity contribution in [2.45, 2.75) is 0 Å². The van der Waals surface area contributed by atoms with E-state index in [0.29, 0.717) is 9.23 Å². The molecule has 1 amide bonds. The number of nitrogens with one attached hydrogen (secondary N) is 1. The van der Waals surface area contributed by atoms with Crippen molar-refractivity contribution in [3.05, 3.63) is 52.9 Å². The van der Waals surface area contributed by atoms with E-state index >= 15 is 0 Å². The van der Waals surface area contributed by atoms with Gasteiger partial charge in [0.2, 0.25) is 0 Å². The van der Waals surface area contributed by atoms with Crippen LogP contribution in [-0.4, -0.2) is 10.2 Å². The fourth-order valence-corrected chi connectivity index (χ4v) is 2.96. The van der Waals surface area contributed by atoms with Crippen LogP contribution in [0.5, 0.6) is 0 Å². The fourth-order valence-electron chi connectivity index (χ4n) is 1.93. The van der Waals surface area contributed by atoms with Gasteiger partial charge in [0.15, 0.2) is 0 Å². The number of hydrogen-bond acceptors (Lipinski definition) is 3. The SMILES string of the molecule is O=C1NC(=S)SC1=Cc1ccc2cccccc1-2. The Morgan fingerprint density at radius 3 is 2.72 bits per heavy atom. The normalized spacial score (nSPS) is 17.4. The molecule has 2 nitrogen and oxygen atoms in total. The molecule has 0 spiro atoms. The molecule has 0 aromatic heterocycles. The lowest BCUT2D eigenvalue weighted by atomic mass is 10.1. The van der Waals surface area contributed by atoms with Crippen LogP contribution in [0.15, 0.2) is 47.4 Å². The van der Waals surface area contributed by atoms with Gasteiger partial charge in [-0.3, -0.25) is 4.79 Å². The third-order valence-electron chi connectivity index (χ3n) is 2.75. The first kappa shape index (κ1) is 11.4. The van der Waals surface area contributed by atoms with Crippen LogP contribution in [0.4, 0.5) is 0 Å². The minimum Gasteiger partial charge on any atom is -0.307 e. The van der Waals surface area contributed by atoms with Gasteiger partial charge in [-0.05, 0) is 22.8 Å². The van der Waals surface area contributed by atoms with Crippen molar-refractivity contribution in [2.24, 2.45) is 0 Å². The zero-order chi connectivity index (χ0) is 12.5. The van der Waals surface area contributed by atoms with Crippen molar-refractivity contribution in [1.29, 1.82) is 0 Å². The second-order valence-corrected chi connectivity index (χ2v) is 5.64. The predicted octanol–water partition coefficient (Wildman–Crippen LogP) is 3.28. The Bertz CT molecular complexity index is 648. The van der Waals surface area contributed by atoms with Crippen LogP contribution < -0.4 is 5.32 Å². The maximum atomic E-state index is 11.6. The lowest BCUT2D eigenvalue weighted by molar-refractivity contribution is -0.115. The van der Waals surface area contributed by atoms with Gasteiger partial charge in [0.1, 0.15) is 4.32 Å². The minimum atomic E-state index is -0.111. The van der Waals surface area contributed by atoms with E-state index in [-0.39, 0.29) is 5.91 Å². The van der Waals surface area contributed by atoms with E-state index in [4.69, 9.17) is 12.2 Å². The number of thiocarbonyl (C=S) groups is 1. The van der Waals surface area contributed by atoms with Crippen molar-refractivity contribution >= 4 is 40.3 Å². The molecule has 1 saturated heterocycles. The summed E-state index contributed by atoms with van der Waals surface area (Å²) in [5.74, 6) is -0.111. The van der Waals surface area contributed by atoms with Crippen LogP contribution in [0.3, 0.4) is 0 Å². The van der Waals surface area contributed by atoms with Crippen LogP contribution in [0, 0.1) is 0 Å². The first-order chi connectivity index (χ1) is 8.74. The summed E-state index contributed by atoms with van der Waals surface area (Å²) in [5.41, 5.74) is 3.35. The lowest BCUT2D eigenvalue weighted by Gasteiger charge is -1.96. The third-order valence-corrected chi connectivity index (χ3v) is 3.92. The van der Waals surface area contributed by atoms with Crippen LogP contribution in [0.2, 0.25) is 0 Å². The number of rotatable bonds is 1. The smallest absolute Gasteiger partial charge is 0.263 e. The Morgan fingerprint density at radius 2 is 1.94 bits per heavy atom. The number of carbonyl (C=O) groups is 1. The highest BCUT2D eigenvalue weighted by Gasteiger charge is 2.22. The van der Waals surface area contributed by atoms with E-state index in [1.165, 1.54) is 11.8 Å². The highest BCUT2D eigenvalue weighted by Crippen LogP contribution is 2.32. The molecule has 3 aliphatic rings. The van der Waals surface area contributed by atoms with Gasteiger partial charge in [0, 0.05) is 0 Å². The summed E-state index contributed by atoms with van der Waals surface area (Å²) in [6.07, 6.45) is 1.89. The second kappa shape index (κ2) is 4.55. The molecule has 1 aliphatic heterocycles. The van der Waals surface area contributed by atoms with E-state index in [1.807, 2.05) is 30.3 Å². The number of amides is 1. The Labute approximate surface area is 114 Å². The van der Waals surface area contributed by atoms with E-state index in [0.717, 1.165) is 16.7 Å². The molecule has 0 atom stereocenters. The first-order valence-corrected chi connectivity index (χ1v) is 6.69. The number of thioether (sulfide) groups is 1. The minimum absolute atomic E-state index is 0.111. The van der Waals surface area contributed by atoms with Gasteiger partial charge in [-0.2, -0.15) is 0 Å². The number of fused-ring (bicyclic) bond motifs is 1.